The van der Waals surface area contributed by atoms with Gasteiger partial charge in [-0.05, 0) is 52.2 Å². The minimum Gasteiger partial charge on any atom is -0.481 e. The lowest BCUT2D eigenvalue weighted by molar-refractivity contribution is -0.138. The molecule has 19 heavy (non-hydrogen) atoms. The van der Waals surface area contributed by atoms with Crippen molar-refractivity contribution in [1.82, 2.24) is 4.98 Å². The molecule has 1 unspecified atom stereocenters. The molecule has 0 saturated carbocycles. The predicted molar refractivity (Wildman–Crippen MR) is 72.4 cm³/mol. The Bertz CT molecular complexity index is 586. The molecule has 1 atom stereocenters. The number of benzene rings is 1. The number of carboxylic acid groups (broad SMARTS) is 1. The van der Waals surface area contributed by atoms with Gasteiger partial charge < -0.3 is 5.11 Å². The fourth-order valence-electron chi connectivity index (χ4n) is 1.81. The average Bonchev–Trinajstić information content (AvgIpc) is 2.39. The van der Waals surface area contributed by atoms with Crippen molar-refractivity contribution in [2.45, 2.75) is 12.3 Å². The maximum Gasteiger partial charge on any atom is 0.312 e. The molecule has 0 bridgehead atoms. The molecule has 2 rings (SSSR count). The third-order valence-electron chi connectivity index (χ3n) is 2.77. The topological polar surface area (TPSA) is 50.2 Å². The smallest absolute Gasteiger partial charge is 0.312 e. The van der Waals surface area contributed by atoms with Crippen molar-refractivity contribution in [3.8, 4) is 0 Å². The second-order valence-corrected chi connectivity index (χ2v) is 4.95. The molecule has 0 aliphatic rings. The minimum absolute atomic E-state index is 0.269. The lowest BCUT2D eigenvalue weighted by Gasteiger charge is -2.13. The fourth-order valence-corrected chi connectivity index (χ4v) is 2.34. The van der Waals surface area contributed by atoms with E-state index in [1.165, 1.54) is 12.1 Å². The lowest BCUT2D eigenvalue weighted by atomic mass is 9.96. The Morgan fingerprint density at radius 2 is 2.00 bits per heavy atom. The van der Waals surface area contributed by atoms with Gasteiger partial charge in [-0.2, -0.15) is 0 Å². The molecule has 0 saturated heterocycles. The first-order chi connectivity index (χ1) is 9.08. The Hall–Kier alpha value is -1.75. The normalized spacial score (nSPS) is 12.1. The third kappa shape index (κ3) is 3.38. The van der Waals surface area contributed by atoms with Gasteiger partial charge in [0.15, 0.2) is 0 Å². The van der Waals surface area contributed by atoms with Crippen LogP contribution in [0.2, 0.25) is 0 Å². The van der Waals surface area contributed by atoms with Gasteiger partial charge in [0.2, 0.25) is 0 Å². The van der Waals surface area contributed by atoms with Crippen LogP contribution in [0.4, 0.5) is 4.39 Å². The standard InChI is InChI=1S/C14H11BrFNO2/c15-12-2-1-7-17-13(12)11(14(18)19)8-9-3-5-10(16)6-4-9/h1-7,11H,8H2,(H,18,19). The van der Waals surface area contributed by atoms with E-state index in [0.29, 0.717) is 10.2 Å². The van der Waals surface area contributed by atoms with Crippen molar-refractivity contribution in [1.29, 1.82) is 0 Å². The molecule has 1 aromatic heterocycles. The van der Waals surface area contributed by atoms with Crippen LogP contribution in [0.25, 0.3) is 0 Å². The molecule has 0 aliphatic carbocycles. The van der Waals surface area contributed by atoms with E-state index in [4.69, 9.17) is 0 Å². The number of carbonyl (C=O) groups is 1. The highest BCUT2D eigenvalue weighted by Crippen LogP contribution is 2.26. The van der Waals surface area contributed by atoms with Crippen molar-refractivity contribution in [2.75, 3.05) is 0 Å². The van der Waals surface area contributed by atoms with Crippen molar-refractivity contribution < 1.29 is 14.3 Å². The Balaban J connectivity index is 2.29. The summed E-state index contributed by atoms with van der Waals surface area (Å²) < 4.78 is 13.5. The third-order valence-corrected chi connectivity index (χ3v) is 3.44. The summed E-state index contributed by atoms with van der Waals surface area (Å²) in [4.78, 5) is 15.5. The number of pyridine rings is 1. The molecule has 3 nitrogen and oxygen atoms in total. The fraction of sp³-hybridized carbons (Fsp3) is 0.143. The number of aliphatic carboxylic acids is 1. The van der Waals surface area contributed by atoms with Gasteiger partial charge in [-0.15, -0.1) is 0 Å². The van der Waals surface area contributed by atoms with Gasteiger partial charge in [-0.1, -0.05) is 12.1 Å². The highest BCUT2D eigenvalue weighted by Gasteiger charge is 2.23. The van der Waals surface area contributed by atoms with Crippen LogP contribution in [0, 0.1) is 5.82 Å². The Labute approximate surface area is 118 Å². The van der Waals surface area contributed by atoms with E-state index in [2.05, 4.69) is 20.9 Å². The second-order valence-electron chi connectivity index (χ2n) is 4.09. The summed E-state index contributed by atoms with van der Waals surface area (Å²) in [6.07, 6.45) is 1.83. The van der Waals surface area contributed by atoms with Crippen LogP contribution >= 0.6 is 15.9 Å². The van der Waals surface area contributed by atoms with Gasteiger partial charge in [0.25, 0.3) is 0 Å². The molecule has 0 amide bonds. The van der Waals surface area contributed by atoms with Gasteiger partial charge in [0.1, 0.15) is 11.7 Å². The summed E-state index contributed by atoms with van der Waals surface area (Å²) in [5.74, 6) is -2.06. The summed E-state index contributed by atoms with van der Waals surface area (Å²) in [5, 5.41) is 9.33. The van der Waals surface area contributed by atoms with E-state index in [0.717, 1.165) is 5.56 Å². The molecule has 0 spiro atoms. The molecule has 0 radical (unpaired) electrons. The zero-order valence-electron chi connectivity index (χ0n) is 9.88. The Morgan fingerprint density at radius 1 is 1.32 bits per heavy atom. The van der Waals surface area contributed by atoms with Crippen molar-refractivity contribution >= 4 is 21.9 Å². The number of nitrogens with zero attached hydrogens (tertiary/aromatic N) is 1. The first-order valence-corrected chi connectivity index (χ1v) is 6.45. The van der Waals surface area contributed by atoms with E-state index in [-0.39, 0.29) is 12.2 Å². The van der Waals surface area contributed by atoms with Crippen LogP contribution in [-0.2, 0) is 11.2 Å². The van der Waals surface area contributed by atoms with Crippen molar-refractivity contribution in [2.24, 2.45) is 0 Å². The Kier molecular flexibility index (Phi) is 4.27. The molecule has 5 heteroatoms. The molecule has 1 N–H and O–H groups in total. The monoisotopic (exact) mass is 323 g/mol. The van der Waals surface area contributed by atoms with Crippen molar-refractivity contribution in [3.05, 3.63) is 64.1 Å². The number of rotatable bonds is 4. The first-order valence-electron chi connectivity index (χ1n) is 5.65. The Morgan fingerprint density at radius 3 is 2.58 bits per heavy atom. The zero-order valence-corrected chi connectivity index (χ0v) is 11.5. The van der Waals surface area contributed by atoms with E-state index in [1.807, 2.05) is 0 Å². The number of hydrogen-bond acceptors (Lipinski definition) is 2. The number of halogens is 2. The van der Waals surface area contributed by atoms with Gasteiger partial charge in [-0.25, -0.2) is 4.39 Å². The van der Waals surface area contributed by atoms with E-state index in [9.17, 15) is 14.3 Å². The second kappa shape index (κ2) is 5.93. The van der Waals surface area contributed by atoms with Gasteiger partial charge >= 0.3 is 5.97 Å². The lowest BCUT2D eigenvalue weighted by Crippen LogP contribution is -2.16. The van der Waals surface area contributed by atoms with E-state index >= 15 is 0 Å². The maximum atomic E-state index is 12.8. The molecule has 0 fully saturated rings. The summed E-state index contributed by atoms with van der Waals surface area (Å²) in [7, 11) is 0. The summed E-state index contributed by atoms with van der Waals surface area (Å²) in [6, 6.07) is 9.29. The quantitative estimate of drug-likeness (QED) is 0.938. The predicted octanol–water partition coefficient (Wildman–Crippen LogP) is 3.39. The zero-order chi connectivity index (χ0) is 13.8. The minimum atomic E-state index is -0.955. The van der Waals surface area contributed by atoms with Crippen LogP contribution in [0.1, 0.15) is 17.2 Å². The molecular weight excluding hydrogens is 313 g/mol. The van der Waals surface area contributed by atoms with Gasteiger partial charge in [-0.3, -0.25) is 9.78 Å². The molecule has 1 heterocycles. The van der Waals surface area contributed by atoms with Gasteiger partial charge in [0.05, 0.1) is 5.69 Å². The number of carboxylic acids is 1. The maximum absolute atomic E-state index is 12.8. The van der Waals surface area contributed by atoms with Crippen LogP contribution in [-0.4, -0.2) is 16.1 Å². The molecular formula is C14H11BrFNO2. The van der Waals surface area contributed by atoms with Gasteiger partial charge in [0, 0.05) is 10.7 Å². The van der Waals surface area contributed by atoms with Crippen molar-refractivity contribution in [3.63, 3.8) is 0 Å². The van der Waals surface area contributed by atoms with Crippen LogP contribution in [0.5, 0.6) is 0 Å². The first kappa shape index (κ1) is 13.7. The van der Waals surface area contributed by atoms with Crippen LogP contribution in [0.3, 0.4) is 0 Å². The van der Waals surface area contributed by atoms with E-state index in [1.54, 1.807) is 30.5 Å². The highest BCUT2D eigenvalue weighted by atomic mass is 79.9. The number of hydrogen-bond donors (Lipinski definition) is 1. The largest absolute Gasteiger partial charge is 0.481 e. The molecule has 2 aromatic rings. The molecule has 98 valence electrons. The van der Waals surface area contributed by atoms with Crippen LogP contribution in [0.15, 0.2) is 47.1 Å². The highest BCUT2D eigenvalue weighted by molar-refractivity contribution is 9.10. The van der Waals surface area contributed by atoms with Crippen LogP contribution < -0.4 is 0 Å². The molecule has 0 aliphatic heterocycles. The summed E-state index contributed by atoms with van der Waals surface area (Å²) >= 11 is 3.30. The average molecular weight is 324 g/mol. The molecule has 1 aromatic carbocycles. The SMILES string of the molecule is O=C(O)C(Cc1ccc(F)cc1)c1ncccc1Br. The van der Waals surface area contributed by atoms with E-state index < -0.39 is 11.9 Å². The summed E-state index contributed by atoms with van der Waals surface area (Å²) in [6.45, 7) is 0. The summed E-state index contributed by atoms with van der Waals surface area (Å²) in [5.41, 5.74) is 1.23. The number of aromatic nitrogens is 1.